The van der Waals surface area contributed by atoms with Gasteiger partial charge in [-0.1, -0.05) is 0 Å². The summed E-state index contributed by atoms with van der Waals surface area (Å²) in [7, 11) is 2.13. The van der Waals surface area contributed by atoms with Gasteiger partial charge in [-0.15, -0.1) is 0 Å². The van der Waals surface area contributed by atoms with Gasteiger partial charge in [0.1, 0.15) is 5.82 Å². The number of aromatic nitrogens is 1. The van der Waals surface area contributed by atoms with Crippen molar-refractivity contribution in [1.82, 2.24) is 4.98 Å². The first-order valence-corrected chi connectivity index (χ1v) is 5.67. The molecule has 13 heavy (non-hydrogen) atoms. The van der Waals surface area contributed by atoms with Crippen LogP contribution in [0.1, 0.15) is 12.8 Å². The zero-order valence-corrected chi connectivity index (χ0v) is 9.86. The number of pyridine rings is 1. The molecule has 2 nitrogen and oxygen atoms in total. The monoisotopic (exact) mass is 288 g/mol. The van der Waals surface area contributed by atoms with Gasteiger partial charge in [0.25, 0.3) is 0 Å². The molecular formula is C10H13IN2. The van der Waals surface area contributed by atoms with Crippen LogP contribution in [0.25, 0.3) is 0 Å². The number of rotatable bonds is 3. The Morgan fingerprint density at radius 2 is 2.38 bits per heavy atom. The summed E-state index contributed by atoms with van der Waals surface area (Å²) < 4.78 is 1.24. The average Bonchev–Trinajstić information content (AvgIpc) is 2.89. The van der Waals surface area contributed by atoms with Gasteiger partial charge >= 0.3 is 0 Å². The summed E-state index contributed by atoms with van der Waals surface area (Å²) in [5, 5.41) is 0. The largest absolute Gasteiger partial charge is 0.359 e. The second-order valence-corrected chi connectivity index (χ2v) is 4.79. The molecule has 0 atom stereocenters. The van der Waals surface area contributed by atoms with Gasteiger partial charge in [-0.2, -0.15) is 0 Å². The van der Waals surface area contributed by atoms with Crippen molar-refractivity contribution in [2.24, 2.45) is 5.92 Å². The Morgan fingerprint density at radius 3 is 3.00 bits per heavy atom. The SMILES string of the molecule is CN(CC1CC1)c1ncccc1I. The molecule has 0 radical (unpaired) electrons. The summed E-state index contributed by atoms with van der Waals surface area (Å²) in [6, 6.07) is 4.09. The van der Waals surface area contributed by atoms with Gasteiger partial charge in [-0.25, -0.2) is 4.98 Å². The fourth-order valence-corrected chi connectivity index (χ4v) is 2.19. The molecule has 1 aliphatic carbocycles. The first kappa shape index (κ1) is 9.24. The lowest BCUT2D eigenvalue weighted by Gasteiger charge is -2.18. The minimum Gasteiger partial charge on any atom is -0.359 e. The quantitative estimate of drug-likeness (QED) is 0.795. The third kappa shape index (κ3) is 2.33. The summed E-state index contributed by atoms with van der Waals surface area (Å²) in [4.78, 5) is 6.64. The second-order valence-electron chi connectivity index (χ2n) is 3.63. The van der Waals surface area contributed by atoms with Crippen LogP contribution in [0, 0.1) is 9.49 Å². The first-order chi connectivity index (χ1) is 6.27. The van der Waals surface area contributed by atoms with Gasteiger partial charge < -0.3 is 4.90 Å². The number of hydrogen-bond acceptors (Lipinski definition) is 2. The molecule has 0 saturated heterocycles. The van der Waals surface area contributed by atoms with Crippen LogP contribution in [0.15, 0.2) is 18.3 Å². The van der Waals surface area contributed by atoms with E-state index in [-0.39, 0.29) is 0 Å². The maximum atomic E-state index is 4.38. The summed E-state index contributed by atoms with van der Waals surface area (Å²) in [5.41, 5.74) is 0. The van der Waals surface area contributed by atoms with Crippen LogP contribution >= 0.6 is 22.6 Å². The highest BCUT2D eigenvalue weighted by Crippen LogP contribution is 2.31. The van der Waals surface area contributed by atoms with Crippen LogP contribution in [0.5, 0.6) is 0 Å². The molecular weight excluding hydrogens is 275 g/mol. The number of anilines is 1. The zero-order chi connectivity index (χ0) is 9.26. The van der Waals surface area contributed by atoms with Crippen molar-refractivity contribution in [1.29, 1.82) is 0 Å². The molecule has 1 aromatic heterocycles. The van der Waals surface area contributed by atoms with Gasteiger partial charge in [0.05, 0.1) is 3.57 Å². The van der Waals surface area contributed by atoms with E-state index in [4.69, 9.17) is 0 Å². The van der Waals surface area contributed by atoms with E-state index in [0.717, 1.165) is 18.3 Å². The molecule has 0 amide bonds. The number of hydrogen-bond donors (Lipinski definition) is 0. The van der Waals surface area contributed by atoms with Crippen LogP contribution < -0.4 is 4.90 Å². The van der Waals surface area contributed by atoms with Crippen molar-refractivity contribution in [3.8, 4) is 0 Å². The Labute approximate surface area is 92.5 Å². The first-order valence-electron chi connectivity index (χ1n) is 4.59. The van der Waals surface area contributed by atoms with Crippen LogP contribution in [-0.4, -0.2) is 18.6 Å². The predicted octanol–water partition coefficient (Wildman–Crippen LogP) is 2.53. The summed E-state index contributed by atoms with van der Waals surface area (Å²) in [6.45, 7) is 1.16. The third-order valence-electron chi connectivity index (χ3n) is 2.33. The smallest absolute Gasteiger partial charge is 0.141 e. The molecule has 1 fully saturated rings. The standard InChI is InChI=1S/C10H13IN2/c1-13(7-8-4-5-8)10-9(11)3-2-6-12-10/h2-3,6,8H,4-5,7H2,1H3. The van der Waals surface area contributed by atoms with Crippen LogP contribution in [-0.2, 0) is 0 Å². The minimum absolute atomic E-state index is 0.919. The summed E-state index contributed by atoms with van der Waals surface area (Å²) in [5.74, 6) is 2.04. The molecule has 0 unspecified atom stereocenters. The van der Waals surface area contributed by atoms with E-state index in [1.807, 2.05) is 12.3 Å². The van der Waals surface area contributed by atoms with Crippen molar-refractivity contribution in [3.63, 3.8) is 0 Å². The van der Waals surface area contributed by atoms with E-state index in [2.05, 4.69) is 45.6 Å². The van der Waals surface area contributed by atoms with Crippen molar-refractivity contribution in [3.05, 3.63) is 21.9 Å². The Morgan fingerprint density at radius 1 is 1.62 bits per heavy atom. The van der Waals surface area contributed by atoms with Crippen molar-refractivity contribution >= 4 is 28.4 Å². The molecule has 70 valence electrons. The number of halogens is 1. The molecule has 0 aliphatic heterocycles. The van der Waals surface area contributed by atoms with E-state index in [1.54, 1.807) is 0 Å². The topological polar surface area (TPSA) is 16.1 Å². The molecule has 1 aromatic rings. The van der Waals surface area contributed by atoms with Crippen molar-refractivity contribution in [2.45, 2.75) is 12.8 Å². The van der Waals surface area contributed by atoms with Gasteiger partial charge in [-0.3, -0.25) is 0 Å². The van der Waals surface area contributed by atoms with Crippen LogP contribution in [0.4, 0.5) is 5.82 Å². The molecule has 1 heterocycles. The molecule has 0 aromatic carbocycles. The fourth-order valence-electron chi connectivity index (χ4n) is 1.43. The van der Waals surface area contributed by atoms with E-state index in [0.29, 0.717) is 0 Å². The molecule has 0 bridgehead atoms. The van der Waals surface area contributed by atoms with Crippen molar-refractivity contribution in [2.75, 3.05) is 18.5 Å². The van der Waals surface area contributed by atoms with Crippen LogP contribution in [0.2, 0.25) is 0 Å². The molecule has 0 spiro atoms. The molecule has 1 saturated carbocycles. The Kier molecular flexibility index (Phi) is 2.71. The molecule has 1 aliphatic rings. The highest BCUT2D eigenvalue weighted by atomic mass is 127. The average molecular weight is 288 g/mol. The molecule has 0 N–H and O–H groups in total. The van der Waals surface area contributed by atoms with Crippen LogP contribution in [0.3, 0.4) is 0 Å². The van der Waals surface area contributed by atoms with E-state index >= 15 is 0 Å². The minimum atomic E-state index is 0.919. The fraction of sp³-hybridized carbons (Fsp3) is 0.500. The van der Waals surface area contributed by atoms with Gasteiger partial charge in [-0.05, 0) is 53.5 Å². The zero-order valence-electron chi connectivity index (χ0n) is 7.70. The Bertz CT molecular complexity index is 297. The Hall–Kier alpha value is -0.320. The lowest BCUT2D eigenvalue weighted by atomic mass is 10.3. The normalized spacial score (nSPS) is 15.8. The highest BCUT2D eigenvalue weighted by Gasteiger charge is 2.23. The predicted molar refractivity (Wildman–Crippen MR) is 62.9 cm³/mol. The van der Waals surface area contributed by atoms with Gasteiger partial charge in [0.15, 0.2) is 0 Å². The maximum Gasteiger partial charge on any atom is 0.141 e. The summed E-state index contributed by atoms with van der Waals surface area (Å²) in [6.07, 6.45) is 4.66. The molecule has 3 heteroatoms. The van der Waals surface area contributed by atoms with Crippen molar-refractivity contribution < 1.29 is 0 Å². The second kappa shape index (κ2) is 3.82. The number of nitrogens with zero attached hydrogens (tertiary/aromatic N) is 2. The lowest BCUT2D eigenvalue weighted by Crippen LogP contribution is -2.21. The highest BCUT2D eigenvalue weighted by molar-refractivity contribution is 14.1. The molecule has 2 rings (SSSR count). The van der Waals surface area contributed by atoms with E-state index in [1.165, 1.54) is 16.4 Å². The third-order valence-corrected chi connectivity index (χ3v) is 3.17. The lowest BCUT2D eigenvalue weighted by molar-refractivity contribution is 0.775. The summed E-state index contributed by atoms with van der Waals surface area (Å²) >= 11 is 2.34. The van der Waals surface area contributed by atoms with Gasteiger partial charge in [0.2, 0.25) is 0 Å². The maximum absolute atomic E-state index is 4.38. The van der Waals surface area contributed by atoms with Gasteiger partial charge in [0, 0.05) is 19.8 Å². The van der Waals surface area contributed by atoms with E-state index in [9.17, 15) is 0 Å². The Balaban J connectivity index is 2.09. The van der Waals surface area contributed by atoms with E-state index < -0.39 is 0 Å².